The normalized spacial score (nSPS) is 41.8. The van der Waals surface area contributed by atoms with Crippen molar-refractivity contribution in [1.29, 1.82) is 5.26 Å². The van der Waals surface area contributed by atoms with Gasteiger partial charge in [-0.05, 0) is 43.6 Å². The van der Waals surface area contributed by atoms with E-state index in [0.717, 1.165) is 30.6 Å². The standard InChI is InChI=1S/C17H19NO2/c18-11-16(17(19)10-12-5-6-13(17)9-12)7-8-20-15-4-2-1-3-14(15)16/h1-4,12-13,19H,5-10H2. The SMILES string of the molecule is N#CC1(C2(O)CC3CCC2C3)CCOc2ccccc21. The fourth-order valence-electron chi connectivity index (χ4n) is 4.88. The largest absolute Gasteiger partial charge is 0.493 e. The Balaban J connectivity index is 1.88. The van der Waals surface area contributed by atoms with Crippen LogP contribution in [0, 0.1) is 23.2 Å². The third-order valence-corrected chi connectivity index (χ3v) is 5.83. The van der Waals surface area contributed by atoms with Gasteiger partial charge in [0.05, 0.1) is 18.3 Å². The minimum atomic E-state index is -0.870. The second-order valence-electron chi connectivity index (χ2n) is 6.62. The molecule has 4 atom stereocenters. The highest BCUT2D eigenvalue weighted by molar-refractivity contribution is 5.49. The van der Waals surface area contributed by atoms with Crippen LogP contribution in [0.4, 0.5) is 0 Å². The van der Waals surface area contributed by atoms with Crippen molar-refractivity contribution in [1.82, 2.24) is 0 Å². The van der Waals surface area contributed by atoms with Crippen molar-refractivity contribution in [2.24, 2.45) is 11.8 Å². The molecule has 0 amide bonds. The van der Waals surface area contributed by atoms with Gasteiger partial charge in [0.15, 0.2) is 0 Å². The van der Waals surface area contributed by atoms with Crippen molar-refractivity contribution in [3.8, 4) is 11.8 Å². The van der Waals surface area contributed by atoms with Crippen LogP contribution in [0.2, 0.25) is 0 Å². The molecule has 20 heavy (non-hydrogen) atoms. The van der Waals surface area contributed by atoms with E-state index in [9.17, 15) is 10.4 Å². The Kier molecular flexibility index (Phi) is 2.44. The summed E-state index contributed by atoms with van der Waals surface area (Å²) in [7, 11) is 0. The minimum absolute atomic E-state index is 0.276. The first-order chi connectivity index (χ1) is 9.69. The molecule has 0 aromatic heterocycles. The zero-order chi connectivity index (χ0) is 13.8. The molecule has 1 aliphatic heterocycles. The highest BCUT2D eigenvalue weighted by Gasteiger charge is 2.63. The van der Waals surface area contributed by atoms with Gasteiger partial charge in [-0.3, -0.25) is 0 Å². The van der Waals surface area contributed by atoms with E-state index in [1.54, 1.807) is 0 Å². The van der Waals surface area contributed by atoms with Crippen LogP contribution in [-0.2, 0) is 5.41 Å². The van der Waals surface area contributed by atoms with Crippen molar-refractivity contribution in [3.05, 3.63) is 29.8 Å². The molecule has 1 aromatic rings. The van der Waals surface area contributed by atoms with Crippen LogP contribution in [0.15, 0.2) is 24.3 Å². The molecule has 2 fully saturated rings. The molecule has 1 N–H and O–H groups in total. The van der Waals surface area contributed by atoms with Gasteiger partial charge in [0.25, 0.3) is 0 Å². The summed E-state index contributed by atoms with van der Waals surface area (Å²) in [5, 5.41) is 21.4. The fraction of sp³-hybridized carbons (Fsp3) is 0.588. The molecule has 1 aromatic carbocycles. The lowest BCUT2D eigenvalue weighted by Gasteiger charge is -2.48. The van der Waals surface area contributed by atoms with Crippen LogP contribution >= 0.6 is 0 Å². The Labute approximate surface area is 119 Å². The number of hydrogen-bond donors (Lipinski definition) is 1. The van der Waals surface area contributed by atoms with E-state index in [0.29, 0.717) is 18.9 Å². The molecule has 3 nitrogen and oxygen atoms in total. The number of para-hydroxylation sites is 1. The molecular weight excluding hydrogens is 250 g/mol. The average Bonchev–Trinajstić information content (AvgIpc) is 3.07. The number of nitriles is 1. The zero-order valence-electron chi connectivity index (χ0n) is 11.5. The van der Waals surface area contributed by atoms with Gasteiger partial charge in [-0.25, -0.2) is 0 Å². The maximum Gasteiger partial charge on any atom is 0.124 e. The molecule has 2 bridgehead atoms. The average molecular weight is 269 g/mol. The summed E-state index contributed by atoms with van der Waals surface area (Å²) in [6.07, 6.45) is 4.74. The molecule has 2 aliphatic carbocycles. The van der Waals surface area contributed by atoms with Crippen molar-refractivity contribution >= 4 is 0 Å². The van der Waals surface area contributed by atoms with Crippen LogP contribution < -0.4 is 4.74 Å². The Morgan fingerprint density at radius 2 is 2.15 bits per heavy atom. The van der Waals surface area contributed by atoms with E-state index in [4.69, 9.17) is 4.74 Å². The number of ether oxygens (including phenoxy) is 1. The summed E-state index contributed by atoms with van der Waals surface area (Å²) in [6, 6.07) is 10.3. The van der Waals surface area contributed by atoms with Crippen LogP contribution in [0.5, 0.6) is 5.75 Å². The van der Waals surface area contributed by atoms with Crippen LogP contribution in [0.25, 0.3) is 0 Å². The predicted octanol–water partition coefficient (Wildman–Crippen LogP) is 2.78. The quantitative estimate of drug-likeness (QED) is 0.853. The van der Waals surface area contributed by atoms with E-state index in [2.05, 4.69) is 6.07 Å². The zero-order valence-corrected chi connectivity index (χ0v) is 11.5. The topological polar surface area (TPSA) is 53.2 Å². The summed E-state index contributed by atoms with van der Waals surface area (Å²) < 4.78 is 5.70. The van der Waals surface area contributed by atoms with E-state index >= 15 is 0 Å². The number of aliphatic hydroxyl groups is 1. The van der Waals surface area contributed by atoms with Crippen molar-refractivity contribution in [2.45, 2.75) is 43.1 Å². The van der Waals surface area contributed by atoms with Gasteiger partial charge in [0.1, 0.15) is 11.2 Å². The van der Waals surface area contributed by atoms with Crippen molar-refractivity contribution in [3.63, 3.8) is 0 Å². The van der Waals surface area contributed by atoms with E-state index in [1.165, 1.54) is 6.42 Å². The van der Waals surface area contributed by atoms with Gasteiger partial charge in [-0.1, -0.05) is 18.2 Å². The third-order valence-electron chi connectivity index (χ3n) is 5.83. The second-order valence-corrected chi connectivity index (χ2v) is 6.62. The molecule has 4 unspecified atom stereocenters. The van der Waals surface area contributed by atoms with Gasteiger partial charge in [0, 0.05) is 12.0 Å². The summed E-state index contributed by atoms with van der Waals surface area (Å²) in [5.41, 5.74) is -0.768. The number of rotatable bonds is 1. The molecule has 4 rings (SSSR count). The minimum Gasteiger partial charge on any atom is -0.493 e. The number of fused-ring (bicyclic) bond motifs is 3. The second kappa shape index (κ2) is 3.99. The Morgan fingerprint density at radius 1 is 1.30 bits per heavy atom. The van der Waals surface area contributed by atoms with Gasteiger partial charge in [0.2, 0.25) is 0 Å². The van der Waals surface area contributed by atoms with E-state index < -0.39 is 11.0 Å². The molecule has 1 heterocycles. The molecule has 0 radical (unpaired) electrons. The maximum atomic E-state index is 11.4. The smallest absolute Gasteiger partial charge is 0.124 e. The van der Waals surface area contributed by atoms with Crippen molar-refractivity contribution < 1.29 is 9.84 Å². The Hall–Kier alpha value is -1.53. The monoisotopic (exact) mass is 269 g/mol. The molecule has 0 saturated heterocycles. The van der Waals surface area contributed by atoms with Gasteiger partial charge in [-0.15, -0.1) is 0 Å². The number of hydrogen-bond acceptors (Lipinski definition) is 3. The fourth-order valence-corrected chi connectivity index (χ4v) is 4.88. The predicted molar refractivity (Wildman–Crippen MR) is 74.2 cm³/mol. The maximum absolute atomic E-state index is 11.4. The number of benzene rings is 1. The van der Waals surface area contributed by atoms with E-state index in [-0.39, 0.29) is 5.92 Å². The van der Waals surface area contributed by atoms with Gasteiger partial charge in [-0.2, -0.15) is 5.26 Å². The third kappa shape index (κ3) is 1.33. The lowest BCUT2D eigenvalue weighted by Crippen LogP contribution is -2.56. The summed E-state index contributed by atoms with van der Waals surface area (Å²) in [5.74, 6) is 1.65. The summed E-state index contributed by atoms with van der Waals surface area (Å²) in [4.78, 5) is 0. The van der Waals surface area contributed by atoms with Crippen LogP contribution in [-0.4, -0.2) is 17.3 Å². The van der Waals surface area contributed by atoms with Crippen LogP contribution in [0.3, 0.4) is 0 Å². The first kappa shape index (κ1) is 12.2. The Bertz CT molecular complexity index is 593. The van der Waals surface area contributed by atoms with Crippen molar-refractivity contribution in [2.75, 3.05) is 6.61 Å². The highest BCUT2D eigenvalue weighted by atomic mass is 16.5. The first-order valence-corrected chi connectivity index (χ1v) is 7.55. The molecule has 2 saturated carbocycles. The number of nitrogens with zero attached hydrogens (tertiary/aromatic N) is 1. The van der Waals surface area contributed by atoms with Gasteiger partial charge < -0.3 is 9.84 Å². The molecule has 3 aliphatic rings. The highest BCUT2D eigenvalue weighted by Crippen LogP contribution is 2.60. The first-order valence-electron chi connectivity index (χ1n) is 7.55. The Morgan fingerprint density at radius 3 is 2.85 bits per heavy atom. The summed E-state index contributed by atoms with van der Waals surface area (Å²) >= 11 is 0. The molecule has 104 valence electrons. The molecular formula is C17H19NO2. The summed E-state index contributed by atoms with van der Waals surface area (Å²) in [6.45, 7) is 0.518. The lowest BCUT2D eigenvalue weighted by atomic mass is 9.59. The van der Waals surface area contributed by atoms with Crippen LogP contribution in [0.1, 0.15) is 37.7 Å². The lowest BCUT2D eigenvalue weighted by molar-refractivity contribution is -0.0746. The van der Waals surface area contributed by atoms with E-state index in [1.807, 2.05) is 24.3 Å². The molecule has 3 heteroatoms. The molecule has 0 spiro atoms. The van der Waals surface area contributed by atoms with Gasteiger partial charge >= 0.3 is 0 Å².